The minimum Gasteiger partial charge on any atom is -0.480 e. The zero-order chi connectivity index (χ0) is 20.0. The Morgan fingerprint density at radius 2 is 1.56 bits per heavy atom. The van der Waals surface area contributed by atoms with Crippen LogP contribution in [0.25, 0.3) is 0 Å². The number of carboxylic acids is 1. The number of hydrogen-bond acceptors (Lipinski definition) is 3. The second-order valence-corrected chi connectivity index (χ2v) is 6.78. The summed E-state index contributed by atoms with van der Waals surface area (Å²) in [6.07, 6.45) is 0.944. The lowest BCUT2D eigenvalue weighted by molar-refractivity contribution is -0.135. The number of anilines is 1. The number of carboxylic acid groups (broad SMARTS) is 1. The Kier molecular flexibility index (Phi) is 6.34. The molecule has 27 heavy (non-hydrogen) atoms. The molecule has 0 saturated carbocycles. The molecule has 0 aliphatic carbocycles. The van der Waals surface area contributed by atoms with Crippen LogP contribution in [0.4, 0.5) is 5.69 Å². The van der Waals surface area contributed by atoms with Crippen molar-refractivity contribution in [3.05, 3.63) is 65.2 Å². The van der Waals surface area contributed by atoms with Crippen molar-refractivity contribution >= 4 is 23.5 Å². The van der Waals surface area contributed by atoms with E-state index in [1.807, 2.05) is 38.1 Å². The van der Waals surface area contributed by atoms with Crippen molar-refractivity contribution in [3.8, 4) is 0 Å². The first-order valence-corrected chi connectivity index (χ1v) is 8.75. The standard InChI is InChI=1S/C21H24N2O4/c1-4-14-5-9-16(10-6-14)21(2,3)20(27)23-17-11-7-15(8-12-17)19(26)22-13-18(24)25/h5-12H,4,13H2,1-3H3,(H,22,26)(H,23,27)(H,24,25). The molecule has 142 valence electrons. The van der Waals surface area contributed by atoms with Gasteiger partial charge in [0.2, 0.25) is 5.91 Å². The van der Waals surface area contributed by atoms with Crippen LogP contribution < -0.4 is 10.6 Å². The number of rotatable bonds is 7. The van der Waals surface area contributed by atoms with Crippen molar-refractivity contribution in [2.24, 2.45) is 0 Å². The smallest absolute Gasteiger partial charge is 0.322 e. The van der Waals surface area contributed by atoms with E-state index in [0.717, 1.165) is 12.0 Å². The van der Waals surface area contributed by atoms with Crippen LogP contribution in [0.3, 0.4) is 0 Å². The molecule has 0 fully saturated rings. The van der Waals surface area contributed by atoms with Crippen LogP contribution in [0.5, 0.6) is 0 Å². The molecule has 6 heteroatoms. The zero-order valence-electron chi connectivity index (χ0n) is 15.7. The number of amides is 2. The van der Waals surface area contributed by atoms with Crippen molar-refractivity contribution in [2.75, 3.05) is 11.9 Å². The molecule has 0 atom stereocenters. The highest BCUT2D eigenvalue weighted by Crippen LogP contribution is 2.25. The molecule has 2 amide bonds. The molecule has 0 heterocycles. The van der Waals surface area contributed by atoms with Gasteiger partial charge in [0.25, 0.3) is 5.91 Å². The Hall–Kier alpha value is -3.15. The summed E-state index contributed by atoms with van der Waals surface area (Å²) in [5, 5.41) is 13.7. The minimum absolute atomic E-state index is 0.158. The molecule has 0 unspecified atom stereocenters. The highest BCUT2D eigenvalue weighted by molar-refractivity contribution is 6.00. The Balaban J connectivity index is 2.05. The third-order valence-electron chi connectivity index (χ3n) is 4.46. The molecular formula is C21H24N2O4. The quantitative estimate of drug-likeness (QED) is 0.700. The maximum atomic E-state index is 12.7. The summed E-state index contributed by atoms with van der Waals surface area (Å²) in [6, 6.07) is 14.3. The lowest BCUT2D eigenvalue weighted by Crippen LogP contribution is -2.34. The number of carbonyl (C=O) groups excluding carboxylic acids is 2. The molecule has 0 aromatic heterocycles. The number of hydrogen-bond donors (Lipinski definition) is 3. The fourth-order valence-electron chi connectivity index (χ4n) is 2.54. The highest BCUT2D eigenvalue weighted by Gasteiger charge is 2.29. The SMILES string of the molecule is CCc1ccc(C(C)(C)C(=O)Nc2ccc(C(=O)NCC(=O)O)cc2)cc1. The van der Waals surface area contributed by atoms with E-state index < -0.39 is 23.8 Å². The van der Waals surface area contributed by atoms with Crippen LogP contribution >= 0.6 is 0 Å². The third kappa shape index (κ3) is 5.17. The Bertz CT molecular complexity index is 824. The van der Waals surface area contributed by atoms with E-state index in [-0.39, 0.29) is 5.91 Å². The molecule has 2 rings (SSSR count). The van der Waals surface area contributed by atoms with Crippen LogP contribution in [0.1, 0.15) is 42.3 Å². The molecule has 0 radical (unpaired) electrons. The number of aliphatic carboxylic acids is 1. The predicted molar refractivity (Wildman–Crippen MR) is 104 cm³/mol. The number of aryl methyl sites for hydroxylation is 1. The van der Waals surface area contributed by atoms with Crippen LogP contribution in [0, 0.1) is 0 Å². The number of carbonyl (C=O) groups is 3. The van der Waals surface area contributed by atoms with Gasteiger partial charge in [0, 0.05) is 11.3 Å². The third-order valence-corrected chi connectivity index (χ3v) is 4.46. The second kappa shape index (κ2) is 8.49. The van der Waals surface area contributed by atoms with E-state index in [4.69, 9.17) is 5.11 Å². The average molecular weight is 368 g/mol. The zero-order valence-corrected chi connectivity index (χ0v) is 15.7. The van der Waals surface area contributed by atoms with Gasteiger partial charge in [-0.05, 0) is 55.7 Å². The van der Waals surface area contributed by atoms with Crippen LogP contribution in [-0.4, -0.2) is 29.4 Å². The van der Waals surface area contributed by atoms with Gasteiger partial charge < -0.3 is 15.7 Å². The molecule has 6 nitrogen and oxygen atoms in total. The van der Waals surface area contributed by atoms with E-state index in [0.29, 0.717) is 11.3 Å². The molecule has 2 aromatic carbocycles. The van der Waals surface area contributed by atoms with E-state index in [1.165, 1.54) is 17.7 Å². The highest BCUT2D eigenvalue weighted by atomic mass is 16.4. The maximum Gasteiger partial charge on any atom is 0.322 e. The Labute approximate surface area is 158 Å². The first kappa shape index (κ1) is 20.2. The van der Waals surface area contributed by atoms with Crippen molar-refractivity contribution in [1.82, 2.24) is 5.32 Å². The Morgan fingerprint density at radius 3 is 2.07 bits per heavy atom. The summed E-state index contributed by atoms with van der Waals surface area (Å²) in [5.41, 5.74) is 2.30. The summed E-state index contributed by atoms with van der Waals surface area (Å²) in [4.78, 5) is 35.0. The van der Waals surface area contributed by atoms with Crippen LogP contribution in [0.15, 0.2) is 48.5 Å². The minimum atomic E-state index is -1.11. The van der Waals surface area contributed by atoms with E-state index in [2.05, 4.69) is 17.6 Å². The maximum absolute atomic E-state index is 12.7. The van der Waals surface area contributed by atoms with E-state index in [9.17, 15) is 14.4 Å². The molecule has 0 spiro atoms. The molecule has 0 saturated heterocycles. The van der Waals surface area contributed by atoms with Crippen LogP contribution in [-0.2, 0) is 21.4 Å². The summed E-state index contributed by atoms with van der Waals surface area (Å²) in [5.74, 6) is -1.75. The number of nitrogens with one attached hydrogen (secondary N) is 2. The van der Waals surface area contributed by atoms with Gasteiger partial charge in [-0.3, -0.25) is 14.4 Å². The second-order valence-electron chi connectivity index (χ2n) is 6.78. The van der Waals surface area contributed by atoms with Crippen LogP contribution in [0.2, 0.25) is 0 Å². The largest absolute Gasteiger partial charge is 0.480 e. The lowest BCUT2D eigenvalue weighted by Gasteiger charge is -2.24. The van der Waals surface area contributed by atoms with Gasteiger partial charge in [0.15, 0.2) is 0 Å². The predicted octanol–water partition coefficient (Wildman–Crippen LogP) is 2.98. The van der Waals surface area contributed by atoms with Crippen molar-refractivity contribution in [1.29, 1.82) is 0 Å². The fourth-order valence-corrected chi connectivity index (χ4v) is 2.54. The van der Waals surface area contributed by atoms with Gasteiger partial charge in [-0.15, -0.1) is 0 Å². The van der Waals surface area contributed by atoms with Crippen molar-refractivity contribution in [2.45, 2.75) is 32.6 Å². The molecule has 0 aliphatic rings. The normalized spacial score (nSPS) is 10.9. The molecule has 3 N–H and O–H groups in total. The fraction of sp³-hybridized carbons (Fsp3) is 0.286. The summed E-state index contributed by atoms with van der Waals surface area (Å²) < 4.78 is 0. The van der Waals surface area contributed by atoms with Gasteiger partial charge in [-0.1, -0.05) is 31.2 Å². The van der Waals surface area contributed by atoms with Crippen molar-refractivity contribution < 1.29 is 19.5 Å². The van der Waals surface area contributed by atoms with Gasteiger partial charge in [0.1, 0.15) is 6.54 Å². The lowest BCUT2D eigenvalue weighted by atomic mass is 9.83. The van der Waals surface area contributed by atoms with E-state index >= 15 is 0 Å². The molecule has 0 bridgehead atoms. The monoisotopic (exact) mass is 368 g/mol. The topological polar surface area (TPSA) is 95.5 Å². The van der Waals surface area contributed by atoms with E-state index in [1.54, 1.807) is 12.1 Å². The van der Waals surface area contributed by atoms with Gasteiger partial charge in [-0.2, -0.15) is 0 Å². The van der Waals surface area contributed by atoms with Gasteiger partial charge in [-0.25, -0.2) is 0 Å². The van der Waals surface area contributed by atoms with Gasteiger partial charge >= 0.3 is 5.97 Å². The van der Waals surface area contributed by atoms with Crippen molar-refractivity contribution in [3.63, 3.8) is 0 Å². The number of benzene rings is 2. The first-order chi connectivity index (χ1) is 12.7. The summed E-state index contributed by atoms with van der Waals surface area (Å²) in [7, 11) is 0. The molecular weight excluding hydrogens is 344 g/mol. The molecule has 2 aromatic rings. The first-order valence-electron chi connectivity index (χ1n) is 8.75. The summed E-state index contributed by atoms with van der Waals surface area (Å²) in [6.45, 7) is 5.36. The Morgan fingerprint density at radius 1 is 0.963 bits per heavy atom. The molecule has 0 aliphatic heterocycles. The van der Waals surface area contributed by atoms with Gasteiger partial charge in [0.05, 0.1) is 5.41 Å². The average Bonchev–Trinajstić information content (AvgIpc) is 2.66. The summed E-state index contributed by atoms with van der Waals surface area (Å²) >= 11 is 0.